The molecule has 0 aliphatic carbocycles. The fraction of sp³-hybridized carbons (Fsp3) is 0.455. The molecule has 4 aromatic heterocycles. The lowest BCUT2D eigenvalue weighted by Gasteiger charge is -2.16. The van der Waals surface area contributed by atoms with E-state index in [1.165, 1.54) is 17.9 Å². The molecule has 202 valence electrons. The largest absolute Gasteiger partial charge is 0.420 e. The van der Waals surface area contributed by atoms with Crippen molar-refractivity contribution < 1.29 is 24.2 Å². The zero-order valence-corrected chi connectivity index (χ0v) is 22.9. The van der Waals surface area contributed by atoms with Crippen LogP contribution in [-0.4, -0.2) is 84.1 Å². The van der Waals surface area contributed by atoms with Gasteiger partial charge in [0.2, 0.25) is 10.9 Å². The molecule has 1 amide bonds. The van der Waals surface area contributed by atoms with Crippen molar-refractivity contribution in [3.63, 3.8) is 0 Å². The number of likely N-dealkylation sites (N-methyl/N-ethyl adjacent to an activating group) is 1. The number of imidazole rings is 1. The van der Waals surface area contributed by atoms with Crippen LogP contribution in [0.25, 0.3) is 22.4 Å². The molecular formula is C22H25BrClN9O5. The van der Waals surface area contributed by atoms with Gasteiger partial charge in [-0.1, -0.05) is 0 Å². The summed E-state index contributed by atoms with van der Waals surface area (Å²) < 4.78 is 13.6. The van der Waals surface area contributed by atoms with E-state index < -0.39 is 30.4 Å². The minimum atomic E-state index is -1.44. The maximum absolute atomic E-state index is 12.0. The maximum atomic E-state index is 12.0. The highest BCUT2D eigenvalue weighted by molar-refractivity contribution is 9.10. The van der Waals surface area contributed by atoms with Crippen molar-refractivity contribution in [1.82, 2.24) is 34.8 Å². The Morgan fingerprint density at radius 3 is 2.68 bits per heavy atom. The van der Waals surface area contributed by atoms with Gasteiger partial charge in [0, 0.05) is 20.1 Å². The Morgan fingerprint density at radius 1 is 1.21 bits per heavy atom. The number of nitrogens with one attached hydrogen (secondary N) is 2. The highest BCUT2D eigenvalue weighted by Crippen LogP contribution is 2.33. The van der Waals surface area contributed by atoms with Gasteiger partial charge in [-0.25, -0.2) is 9.97 Å². The Morgan fingerprint density at radius 2 is 1.97 bits per heavy atom. The Bertz CT molecular complexity index is 1490. The van der Waals surface area contributed by atoms with Crippen LogP contribution in [0.1, 0.15) is 25.8 Å². The summed E-state index contributed by atoms with van der Waals surface area (Å²) in [6.07, 6.45) is -3.85. The highest BCUT2D eigenvalue weighted by Gasteiger charge is 2.47. The topological polar surface area (TPSA) is 177 Å². The number of nitrogens with zero attached hydrogens (tertiary/aromatic N) is 7. The molecule has 0 saturated carbocycles. The highest BCUT2D eigenvalue weighted by atomic mass is 79.9. The number of pyridine rings is 1. The van der Waals surface area contributed by atoms with Gasteiger partial charge < -0.3 is 34.9 Å². The van der Waals surface area contributed by atoms with Crippen molar-refractivity contribution in [3.05, 3.63) is 27.8 Å². The molecule has 4 atom stereocenters. The van der Waals surface area contributed by atoms with Crippen LogP contribution in [0.4, 0.5) is 11.8 Å². The average Bonchev–Trinajstić information content (AvgIpc) is 3.59. The summed E-state index contributed by atoms with van der Waals surface area (Å²) in [7, 11) is 1.41. The molecule has 0 bridgehead atoms. The summed E-state index contributed by atoms with van der Waals surface area (Å²) in [5.41, 5.74) is 2.25. The molecule has 1 aliphatic rings. The zero-order valence-electron chi connectivity index (χ0n) is 20.6. The van der Waals surface area contributed by atoms with Crippen LogP contribution in [0.3, 0.4) is 0 Å². The quantitative estimate of drug-likeness (QED) is 0.212. The van der Waals surface area contributed by atoms with E-state index in [2.05, 4.69) is 51.5 Å². The number of hydrogen-bond acceptors (Lipinski definition) is 12. The van der Waals surface area contributed by atoms with E-state index in [1.807, 2.05) is 24.8 Å². The van der Waals surface area contributed by atoms with Gasteiger partial charge in [0.05, 0.1) is 23.0 Å². The fourth-order valence-corrected chi connectivity index (χ4v) is 4.94. The van der Waals surface area contributed by atoms with Crippen molar-refractivity contribution in [3.8, 4) is 0 Å². The number of hydrogen-bond donors (Lipinski definition) is 4. The third-order valence-corrected chi connectivity index (χ3v) is 7.00. The first-order chi connectivity index (χ1) is 18.2. The molecule has 16 heteroatoms. The Hall–Kier alpha value is -3.11. The number of halogens is 2. The van der Waals surface area contributed by atoms with Gasteiger partial charge in [0.25, 0.3) is 11.9 Å². The molecule has 4 aromatic rings. The standard InChI is InChI=1S/C22H25BrClN9O5/c1-4-32(5-2)22-30-17-14(38-22)10(23)6-9(28-17)7-26-16-11-18(31-21(24)29-16)33(8-27-11)20-13(35)12(34)15(37-20)19(36)25-3/h6,8,12-13,15,20,34-35H,4-5,7H2,1-3H3,(H,25,36)(H,26,29,31)/t12-,13+,15-,20+/m0/s1. The molecule has 14 nitrogen and oxygen atoms in total. The van der Waals surface area contributed by atoms with Gasteiger partial charge >= 0.3 is 0 Å². The number of ether oxygens (including phenoxy) is 1. The molecule has 5 rings (SSSR count). The normalized spacial score (nSPS) is 21.3. The molecule has 0 unspecified atom stereocenters. The number of oxazole rings is 1. The first kappa shape index (κ1) is 26.5. The zero-order chi connectivity index (χ0) is 27.1. The Balaban J connectivity index is 1.42. The molecule has 4 N–H and O–H groups in total. The summed E-state index contributed by atoms with van der Waals surface area (Å²) >= 11 is 9.73. The van der Waals surface area contributed by atoms with E-state index in [9.17, 15) is 15.0 Å². The third kappa shape index (κ3) is 4.64. The lowest BCUT2D eigenvalue weighted by Crippen LogP contribution is -2.41. The first-order valence-corrected chi connectivity index (χ1v) is 13.0. The second-order valence-corrected chi connectivity index (χ2v) is 9.67. The summed E-state index contributed by atoms with van der Waals surface area (Å²) in [4.78, 5) is 36.0. The van der Waals surface area contributed by atoms with E-state index in [4.69, 9.17) is 20.8 Å². The van der Waals surface area contributed by atoms with Crippen LogP contribution in [0.5, 0.6) is 0 Å². The predicted molar refractivity (Wildman–Crippen MR) is 141 cm³/mol. The predicted octanol–water partition coefficient (Wildman–Crippen LogP) is 1.60. The number of amides is 1. The number of anilines is 2. The van der Waals surface area contributed by atoms with Crippen LogP contribution < -0.4 is 15.5 Å². The van der Waals surface area contributed by atoms with Gasteiger partial charge in [-0.15, -0.1) is 0 Å². The fourth-order valence-electron chi connectivity index (χ4n) is 4.25. The van der Waals surface area contributed by atoms with Gasteiger partial charge in [-0.05, 0) is 47.4 Å². The Kier molecular flexibility index (Phi) is 7.37. The molecule has 1 aliphatic heterocycles. The molecule has 1 fully saturated rings. The van der Waals surface area contributed by atoms with Crippen molar-refractivity contribution in [2.75, 3.05) is 30.4 Å². The van der Waals surface area contributed by atoms with Crippen molar-refractivity contribution in [2.24, 2.45) is 0 Å². The van der Waals surface area contributed by atoms with Crippen LogP contribution >= 0.6 is 27.5 Å². The minimum Gasteiger partial charge on any atom is -0.420 e. The number of carbonyl (C=O) groups excluding carboxylic acids is 1. The Labute approximate surface area is 229 Å². The lowest BCUT2D eigenvalue weighted by atomic mass is 10.1. The van der Waals surface area contributed by atoms with Gasteiger partial charge in [-0.3, -0.25) is 9.36 Å². The van der Waals surface area contributed by atoms with Gasteiger partial charge in [0.15, 0.2) is 34.9 Å². The van der Waals surface area contributed by atoms with E-state index in [-0.39, 0.29) is 17.5 Å². The molecule has 1 saturated heterocycles. The summed E-state index contributed by atoms with van der Waals surface area (Å²) in [5.74, 6) is -0.248. The molecular weight excluding hydrogens is 586 g/mol. The minimum absolute atomic E-state index is 0.0809. The van der Waals surface area contributed by atoms with E-state index in [1.54, 1.807) is 0 Å². The molecule has 38 heavy (non-hydrogen) atoms. The number of carbonyl (C=O) groups is 1. The molecule has 5 heterocycles. The van der Waals surface area contributed by atoms with Crippen molar-refractivity contribution in [1.29, 1.82) is 0 Å². The lowest BCUT2D eigenvalue weighted by molar-refractivity contribution is -0.137. The van der Waals surface area contributed by atoms with Crippen molar-refractivity contribution >= 4 is 67.7 Å². The van der Waals surface area contributed by atoms with Crippen LogP contribution in [-0.2, 0) is 16.1 Å². The number of fused-ring (bicyclic) bond motifs is 2. The van der Waals surface area contributed by atoms with E-state index in [0.717, 1.165) is 13.1 Å². The van der Waals surface area contributed by atoms with Crippen molar-refractivity contribution in [2.45, 2.75) is 44.9 Å². The molecule has 0 spiro atoms. The third-order valence-electron chi connectivity index (χ3n) is 6.24. The SMILES string of the molecule is CCN(CC)c1nc2nc(CNc3nc(Cl)nc4c3ncn4[C@@H]3O[C@H](C(=O)NC)[C@@H](O)[C@H]3O)cc(Br)c2o1. The number of aliphatic hydroxyl groups is 2. The summed E-state index contributed by atoms with van der Waals surface area (Å²) in [5, 5.41) is 26.3. The van der Waals surface area contributed by atoms with Crippen LogP contribution in [0.15, 0.2) is 21.3 Å². The van der Waals surface area contributed by atoms with Gasteiger partial charge in [-0.2, -0.15) is 15.0 Å². The molecule has 0 aromatic carbocycles. The smallest absolute Gasteiger partial charge is 0.299 e. The van der Waals surface area contributed by atoms with E-state index >= 15 is 0 Å². The van der Waals surface area contributed by atoms with Crippen LogP contribution in [0, 0.1) is 0 Å². The second kappa shape index (κ2) is 10.6. The van der Waals surface area contributed by atoms with Crippen LogP contribution in [0.2, 0.25) is 5.28 Å². The maximum Gasteiger partial charge on any atom is 0.299 e. The van der Waals surface area contributed by atoms with E-state index in [0.29, 0.717) is 38.7 Å². The summed E-state index contributed by atoms with van der Waals surface area (Å²) in [6, 6.07) is 2.31. The summed E-state index contributed by atoms with van der Waals surface area (Å²) in [6.45, 7) is 5.79. The number of rotatable bonds is 8. The average molecular weight is 611 g/mol. The van der Waals surface area contributed by atoms with Gasteiger partial charge in [0.1, 0.15) is 12.2 Å². The number of aliphatic hydroxyl groups excluding tert-OH is 2. The second-order valence-electron chi connectivity index (χ2n) is 8.48. The first-order valence-electron chi connectivity index (χ1n) is 11.8. The monoisotopic (exact) mass is 609 g/mol. The number of aromatic nitrogens is 6. The molecule has 0 radical (unpaired) electrons.